The zero-order chi connectivity index (χ0) is 14.1. The molecule has 3 rings (SSSR count). The minimum Gasteiger partial charge on any atom is -0.345 e. The van der Waals surface area contributed by atoms with E-state index in [-0.39, 0.29) is 0 Å². The van der Waals surface area contributed by atoms with Crippen LogP contribution in [-0.4, -0.2) is 23.6 Å². The van der Waals surface area contributed by atoms with Crippen molar-refractivity contribution in [3.8, 4) is 0 Å². The summed E-state index contributed by atoms with van der Waals surface area (Å²) in [4.78, 5) is 8.91. The highest BCUT2D eigenvalue weighted by atomic mass is 32.1. The lowest BCUT2D eigenvalue weighted by Crippen LogP contribution is -2.42. The Labute approximate surface area is 126 Å². The molecule has 112 valence electrons. The number of nitrogens with zero attached hydrogens (tertiary/aromatic N) is 2. The zero-order valence-corrected chi connectivity index (χ0v) is 13.8. The van der Waals surface area contributed by atoms with E-state index in [9.17, 15) is 0 Å². The first kappa shape index (κ1) is 14.3. The number of hydrogen-bond acceptors (Lipinski definition) is 4. The minimum absolute atomic E-state index is 0.536. The SMILES string of the molecule is Cc1nc(N2CCCC3CCCC32)sc1CNC(C)C. The second-order valence-corrected chi connectivity index (χ2v) is 7.70. The fraction of sp³-hybridized carbons (Fsp3) is 0.812. The Kier molecular flexibility index (Phi) is 4.32. The van der Waals surface area contributed by atoms with E-state index < -0.39 is 0 Å². The number of thiazole rings is 1. The van der Waals surface area contributed by atoms with Crippen LogP contribution in [0, 0.1) is 12.8 Å². The molecule has 2 fully saturated rings. The summed E-state index contributed by atoms with van der Waals surface area (Å²) in [6, 6.07) is 1.31. The summed E-state index contributed by atoms with van der Waals surface area (Å²) in [5.74, 6) is 0.935. The van der Waals surface area contributed by atoms with Crippen molar-refractivity contribution in [1.29, 1.82) is 0 Å². The first-order valence-electron chi connectivity index (χ1n) is 8.11. The van der Waals surface area contributed by atoms with Gasteiger partial charge in [0.15, 0.2) is 5.13 Å². The number of aromatic nitrogens is 1. The lowest BCUT2D eigenvalue weighted by atomic mass is 9.92. The van der Waals surface area contributed by atoms with Gasteiger partial charge in [0.05, 0.1) is 5.69 Å². The molecular weight excluding hydrogens is 266 g/mol. The van der Waals surface area contributed by atoms with Crippen molar-refractivity contribution in [1.82, 2.24) is 10.3 Å². The second-order valence-electron chi connectivity index (χ2n) is 6.63. The average Bonchev–Trinajstić information content (AvgIpc) is 3.02. The molecule has 0 radical (unpaired) electrons. The van der Waals surface area contributed by atoms with Gasteiger partial charge in [-0.05, 0) is 38.5 Å². The van der Waals surface area contributed by atoms with Crippen LogP contribution in [0.1, 0.15) is 56.5 Å². The quantitative estimate of drug-likeness (QED) is 0.917. The molecule has 1 aromatic heterocycles. The Morgan fingerprint density at radius 1 is 1.30 bits per heavy atom. The predicted octanol–water partition coefficient (Wildman–Crippen LogP) is 3.72. The topological polar surface area (TPSA) is 28.2 Å². The summed E-state index contributed by atoms with van der Waals surface area (Å²) in [7, 11) is 0. The van der Waals surface area contributed by atoms with E-state index in [0.29, 0.717) is 6.04 Å². The number of piperidine rings is 1. The molecule has 2 atom stereocenters. The van der Waals surface area contributed by atoms with Gasteiger partial charge in [-0.25, -0.2) is 4.98 Å². The van der Waals surface area contributed by atoms with E-state index in [1.54, 1.807) is 0 Å². The molecule has 2 unspecified atom stereocenters. The standard InChI is InChI=1S/C16H27N3S/c1-11(2)17-10-15-12(3)18-16(20-15)19-9-5-7-13-6-4-8-14(13)19/h11,13-14,17H,4-10H2,1-3H3. The van der Waals surface area contributed by atoms with Crippen molar-refractivity contribution in [2.75, 3.05) is 11.4 Å². The van der Waals surface area contributed by atoms with Crippen molar-refractivity contribution in [2.24, 2.45) is 5.92 Å². The van der Waals surface area contributed by atoms with E-state index in [1.807, 2.05) is 11.3 Å². The third-order valence-corrected chi connectivity index (χ3v) is 5.99. The zero-order valence-electron chi connectivity index (χ0n) is 13.0. The Balaban J connectivity index is 1.74. The smallest absolute Gasteiger partial charge is 0.186 e. The normalized spacial score (nSPS) is 26.3. The molecule has 3 nitrogen and oxygen atoms in total. The molecular formula is C16H27N3S. The van der Waals surface area contributed by atoms with Gasteiger partial charge in [0.25, 0.3) is 0 Å². The van der Waals surface area contributed by atoms with Gasteiger partial charge in [0, 0.05) is 30.1 Å². The predicted molar refractivity (Wildman–Crippen MR) is 86.5 cm³/mol. The number of rotatable bonds is 4. The van der Waals surface area contributed by atoms with Gasteiger partial charge in [0.2, 0.25) is 0 Å². The molecule has 0 bridgehead atoms. The number of nitrogens with one attached hydrogen (secondary N) is 1. The summed E-state index contributed by atoms with van der Waals surface area (Å²) in [5.41, 5.74) is 1.22. The highest BCUT2D eigenvalue weighted by molar-refractivity contribution is 7.15. The van der Waals surface area contributed by atoms with Crippen LogP contribution in [0.15, 0.2) is 0 Å². The van der Waals surface area contributed by atoms with E-state index >= 15 is 0 Å². The molecule has 4 heteroatoms. The van der Waals surface area contributed by atoms with Gasteiger partial charge in [-0.2, -0.15) is 0 Å². The van der Waals surface area contributed by atoms with Crippen LogP contribution in [-0.2, 0) is 6.54 Å². The molecule has 2 heterocycles. The summed E-state index contributed by atoms with van der Waals surface area (Å²) >= 11 is 1.91. The Morgan fingerprint density at radius 2 is 2.10 bits per heavy atom. The Hall–Kier alpha value is -0.610. The van der Waals surface area contributed by atoms with Crippen molar-refractivity contribution >= 4 is 16.5 Å². The van der Waals surface area contributed by atoms with Crippen LogP contribution in [0.5, 0.6) is 0 Å². The van der Waals surface area contributed by atoms with Gasteiger partial charge in [0.1, 0.15) is 0 Å². The molecule has 0 spiro atoms. The highest BCUT2D eigenvalue weighted by Gasteiger charge is 2.36. The number of fused-ring (bicyclic) bond motifs is 1. The molecule has 0 amide bonds. The van der Waals surface area contributed by atoms with Crippen LogP contribution in [0.2, 0.25) is 0 Å². The number of aryl methyl sites for hydroxylation is 1. The number of anilines is 1. The molecule has 1 aromatic rings. The summed E-state index contributed by atoms with van der Waals surface area (Å²) in [5, 5.41) is 4.79. The molecule has 2 aliphatic rings. The van der Waals surface area contributed by atoms with Gasteiger partial charge in [-0.15, -0.1) is 11.3 Å². The van der Waals surface area contributed by atoms with Crippen molar-refractivity contribution < 1.29 is 0 Å². The largest absolute Gasteiger partial charge is 0.345 e. The molecule has 1 saturated heterocycles. The van der Waals surface area contributed by atoms with Crippen molar-refractivity contribution in [2.45, 2.75) is 71.5 Å². The maximum atomic E-state index is 4.88. The lowest BCUT2D eigenvalue weighted by molar-refractivity contribution is 0.362. The summed E-state index contributed by atoms with van der Waals surface area (Å²) in [6.07, 6.45) is 7.01. The van der Waals surface area contributed by atoms with Crippen LogP contribution < -0.4 is 10.2 Å². The first-order chi connectivity index (χ1) is 9.65. The van der Waals surface area contributed by atoms with Crippen LogP contribution in [0.3, 0.4) is 0 Å². The van der Waals surface area contributed by atoms with E-state index in [0.717, 1.165) is 18.5 Å². The highest BCUT2D eigenvalue weighted by Crippen LogP contribution is 2.40. The molecule has 1 aliphatic heterocycles. The molecule has 1 N–H and O–H groups in total. The maximum absolute atomic E-state index is 4.88. The minimum atomic E-state index is 0.536. The maximum Gasteiger partial charge on any atom is 0.186 e. The summed E-state index contributed by atoms with van der Waals surface area (Å²) in [6.45, 7) is 8.73. The lowest BCUT2D eigenvalue weighted by Gasteiger charge is -2.37. The monoisotopic (exact) mass is 293 g/mol. The van der Waals surface area contributed by atoms with Gasteiger partial charge >= 0.3 is 0 Å². The van der Waals surface area contributed by atoms with Crippen LogP contribution in [0.25, 0.3) is 0 Å². The van der Waals surface area contributed by atoms with Gasteiger partial charge in [-0.1, -0.05) is 20.3 Å². The number of hydrogen-bond donors (Lipinski definition) is 1. The average molecular weight is 293 g/mol. The first-order valence-corrected chi connectivity index (χ1v) is 8.93. The fourth-order valence-electron chi connectivity index (χ4n) is 3.69. The second kappa shape index (κ2) is 6.02. The van der Waals surface area contributed by atoms with Crippen LogP contribution in [0.4, 0.5) is 5.13 Å². The van der Waals surface area contributed by atoms with Gasteiger partial charge < -0.3 is 10.2 Å². The van der Waals surface area contributed by atoms with E-state index in [1.165, 1.54) is 54.4 Å². The summed E-state index contributed by atoms with van der Waals surface area (Å²) < 4.78 is 0. The molecule has 0 aromatic carbocycles. The van der Waals surface area contributed by atoms with Crippen LogP contribution >= 0.6 is 11.3 Å². The van der Waals surface area contributed by atoms with Crippen molar-refractivity contribution in [3.63, 3.8) is 0 Å². The Morgan fingerprint density at radius 3 is 2.90 bits per heavy atom. The Bertz CT molecular complexity index is 455. The fourth-order valence-corrected chi connectivity index (χ4v) is 4.78. The van der Waals surface area contributed by atoms with Gasteiger partial charge in [-0.3, -0.25) is 0 Å². The molecule has 1 aliphatic carbocycles. The van der Waals surface area contributed by atoms with E-state index in [4.69, 9.17) is 4.98 Å². The third kappa shape index (κ3) is 2.86. The molecule has 1 saturated carbocycles. The van der Waals surface area contributed by atoms with Crippen molar-refractivity contribution in [3.05, 3.63) is 10.6 Å². The molecule has 20 heavy (non-hydrogen) atoms. The van der Waals surface area contributed by atoms with E-state index in [2.05, 4.69) is 31.0 Å². The third-order valence-electron chi connectivity index (χ3n) is 4.79.